The van der Waals surface area contributed by atoms with Gasteiger partial charge in [0.2, 0.25) is 0 Å². The Morgan fingerprint density at radius 1 is 1.45 bits per heavy atom. The van der Waals surface area contributed by atoms with E-state index in [0.29, 0.717) is 18.5 Å². The van der Waals surface area contributed by atoms with E-state index in [4.69, 9.17) is 5.11 Å². The number of esters is 1. The van der Waals surface area contributed by atoms with Crippen LogP contribution in [0.4, 0.5) is 11.4 Å². The molecule has 1 atom stereocenters. The topological polar surface area (TPSA) is 119 Å². The molecule has 2 N–H and O–H groups in total. The molecule has 1 aromatic rings. The Kier molecular flexibility index (Phi) is 5.85. The zero-order chi connectivity index (χ0) is 16.9. The number of rotatable bonds is 7. The second kappa shape index (κ2) is 7.39. The van der Waals surface area contributed by atoms with Crippen LogP contribution in [0.2, 0.25) is 0 Å². The maximum atomic E-state index is 11.7. The minimum atomic E-state index is -1.03. The summed E-state index contributed by atoms with van der Waals surface area (Å²) in [6.45, 7) is 3.32. The number of nitro groups is 1. The molecule has 0 heterocycles. The van der Waals surface area contributed by atoms with E-state index < -0.39 is 22.9 Å². The maximum absolute atomic E-state index is 11.7. The molecule has 0 radical (unpaired) electrons. The molecule has 0 amide bonds. The minimum absolute atomic E-state index is 0.212. The number of carboxylic acids is 1. The molecule has 1 unspecified atom stereocenters. The number of aryl methyl sites for hydroxylation is 1. The first-order valence-corrected chi connectivity index (χ1v) is 6.68. The quantitative estimate of drug-likeness (QED) is 0.450. The monoisotopic (exact) mass is 310 g/mol. The second-order valence-corrected chi connectivity index (χ2v) is 4.76. The van der Waals surface area contributed by atoms with E-state index in [1.165, 1.54) is 19.1 Å². The number of nitrogens with one attached hydrogen (secondary N) is 1. The van der Waals surface area contributed by atoms with Crippen molar-refractivity contribution in [1.82, 2.24) is 0 Å². The fourth-order valence-corrected chi connectivity index (χ4v) is 2.12. The van der Waals surface area contributed by atoms with Crippen molar-refractivity contribution in [2.75, 3.05) is 12.4 Å². The molecule has 0 saturated carbocycles. The van der Waals surface area contributed by atoms with Crippen LogP contribution < -0.4 is 5.32 Å². The smallest absolute Gasteiger partial charge is 0.344 e. The van der Waals surface area contributed by atoms with Gasteiger partial charge in [-0.3, -0.25) is 10.1 Å². The number of benzene rings is 1. The van der Waals surface area contributed by atoms with Crippen molar-refractivity contribution in [1.29, 1.82) is 0 Å². The Bertz CT molecular complexity index is 599. The van der Waals surface area contributed by atoms with Crippen LogP contribution in [0.1, 0.15) is 35.7 Å². The van der Waals surface area contributed by atoms with Crippen LogP contribution in [0.15, 0.2) is 12.1 Å². The third-order valence-electron chi connectivity index (χ3n) is 3.10. The van der Waals surface area contributed by atoms with Gasteiger partial charge in [-0.15, -0.1) is 0 Å². The predicted molar refractivity (Wildman–Crippen MR) is 79.1 cm³/mol. The second-order valence-electron chi connectivity index (χ2n) is 4.76. The first-order valence-electron chi connectivity index (χ1n) is 6.68. The summed E-state index contributed by atoms with van der Waals surface area (Å²) in [4.78, 5) is 33.3. The van der Waals surface area contributed by atoms with Crippen molar-refractivity contribution >= 4 is 23.3 Å². The molecular formula is C14H18N2O6. The van der Waals surface area contributed by atoms with Crippen molar-refractivity contribution in [3.05, 3.63) is 33.4 Å². The summed E-state index contributed by atoms with van der Waals surface area (Å²) in [5.74, 6) is -1.88. The lowest BCUT2D eigenvalue weighted by Crippen LogP contribution is -2.29. The molecule has 0 bridgehead atoms. The fraction of sp³-hybridized carbons (Fsp3) is 0.429. The standard InChI is InChI=1S/C14H18N2O6/c1-4-5-11(13(17)18)15-9-6-8(2)12(16(20)21)10(7-9)14(19)22-3/h6-7,11,15H,4-5H2,1-3H3,(H,17,18). The summed E-state index contributed by atoms with van der Waals surface area (Å²) in [5, 5.41) is 23.0. The van der Waals surface area contributed by atoms with Crippen LogP contribution in [0.25, 0.3) is 0 Å². The van der Waals surface area contributed by atoms with Crippen LogP contribution in [0.5, 0.6) is 0 Å². The molecule has 0 fully saturated rings. The molecule has 0 aliphatic heterocycles. The molecule has 0 aliphatic carbocycles. The third kappa shape index (κ3) is 3.94. The number of carbonyl (C=O) groups is 2. The number of carbonyl (C=O) groups excluding carboxylic acids is 1. The molecule has 120 valence electrons. The number of carboxylic acid groups (broad SMARTS) is 1. The van der Waals surface area contributed by atoms with E-state index in [1.54, 1.807) is 0 Å². The zero-order valence-electron chi connectivity index (χ0n) is 12.6. The van der Waals surface area contributed by atoms with Crippen molar-refractivity contribution < 1.29 is 24.4 Å². The van der Waals surface area contributed by atoms with Gasteiger partial charge in [0.1, 0.15) is 11.6 Å². The number of aliphatic carboxylic acids is 1. The first-order chi connectivity index (χ1) is 10.3. The van der Waals surface area contributed by atoms with Crippen LogP contribution >= 0.6 is 0 Å². The van der Waals surface area contributed by atoms with Gasteiger partial charge in [0.25, 0.3) is 5.69 Å². The molecule has 8 nitrogen and oxygen atoms in total. The van der Waals surface area contributed by atoms with Gasteiger partial charge in [-0.25, -0.2) is 9.59 Å². The normalized spacial score (nSPS) is 11.6. The maximum Gasteiger partial charge on any atom is 0.344 e. The lowest BCUT2D eigenvalue weighted by molar-refractivity contribution is -0.385. The fourth-order valence-electron chi connectivity index (χ4n) is 2.12. The summed E-state index contributed by atoms with van der Waals surface area (Å²) in [6.07, 6.45) is 1.04. The predicted octanol–water partition coefficient (Wildman–Crippen LogP) is 2.36. The lowest BCUT2D eigenvalue weighted by Gasteiger charge is -2.16. The van der Waals surface area contributed by atoms with Crippen molar-refractivity contribution in [3.63, 3.8) is 0 Å². The van der Waals surface area contributed by atoms with Crippen molar-refractivity contribution in [2.24, 2.45) is 0 Å². The Balaban J connectivity index is 3.28. The average molecular weight is 310 g/mol. The zero-order valence-corrected chi connectivity index (χ0v) is 12.6. The van der Waals surface area contributed by atoms with Gasteiger partial charge < -0.3 is 15.2 Å². The molecule has 1 rings (SSSR count). The Hall–Kier alpha value is -2.64. The highest BCUT2D eigenvalue weighted by molar-refractivity contribution is 5.96. The van der Waals surface area contributed by atoms with E-state index in [-0.39, 0.29) is 16.8 Å². The third-order valence-corrected chi connectivity index (χ3v) is 3.10. The number of methoxy groups -OCH3 is 1. The summed E-state index contributed by atoms with van der Waals surface area (Å²) in [7, 11) is 1.12. The van der Waals surface area contributed by atoms with Gasteiger partial charge in [-0.2, -0.15) is 0 Å². The van der Waals surface area contributed by atoms with Gasteiger partial charge in [0.15, 0.2) is 0 Å². The number of ether oxygens (including phenoxy) is 1. The Morgan fingerprint density at radius 3 is 2.55 bits per heavy atom. The number of nitrogens with zero attached hydrogens (tertiary/aromatic N) is 1. The SMILES string of the molecule is CCCC(Nc1cc(C)c([N+](=O)[O-])c(C(=O)OC)c1)C(=O)O. The highest BCUT2D eigenvalue weighted by Crippen LogP contribution is 2.28. The summed E-state index contributed by atoms with van der Waals surface area (Å²) >= 11 is 0. The van der Waals surface area contributed by atoms with Gasteiger partial charge in [-0.05, 0) is 25.5 Å². The van der Waals surface area contributed by atoms with Gasteiger partial charge in [0, 0.05) is 11.3 Å². The van der Waals surface area contributed by atoms with Crippen LogP contribution in [-0.2, 0) is 9.53 Å². The van der Waals surface area contributed by atoms with E-state index in [0.717, 1.165) is 7.11 Å². The average Bonchev–Trinajstić information content (AvgIpc) is 2.44. The van der Waals surface area contributed by atoms with E-state index in [2.05, 4.69) is 10.1 Å². The highest BCUT2D eigenvalue weighted by Gasteiger charge is 2.26. The van der Waals surface area contributed by atoms with Crippen LogP contribution in [0.3, 0.4) is 0 Å². The molecule has 8 heteroatoms. The van der Waals surface area contributed by atoms with Crippen molar-refractivity contribution in [3.8, 4) is 0 Å². The Morgan fingerprint density at radius 2 is 2.09 bits per heavy atom. The van der Waals surface area contributed by atoms with E-state index in [1.807, 2.05) is 6.92 Å². The molecule has 0 saturated heterocycles. The van der Waals surface area contributed by atoms with E-state index >= 15 is 0 Å². The van der Waals surface area contributed by atoms with Gasteiger partial charge in [0.05, 0.1) is 12.0 Å². The molecule has 0 spiro atoms. The van der Waals surface area contributed by atoms with Crippen LogP contribution in [0, 0.1) is 17.0 Å². The Labute approximate surface area is 127 Å². The van der Waals surface area contributed by atoms with Gasteiger partial charge in [-0.1, -0.05) is 13.3 Å². The van der Waals surface area contributed by atoms with Gasteiger partial charge >= 0.3 is 11.9 Å². The van der Waals surface area contributed by atoms with E-state index in [9.17, 15) is 19.7 Å². The summed E-state index contributed by atoms with van der Waals surface area (Å²) < 4.78 is 4.55. The highest BCUT2D eigenvalue weighted by atomic mass is 16.6. The number of nitro benzene ring substituents is 1. The summed E-state index contributed by atoms with van der Waals surface area (Å²) in [5.41, 5.74) is 0.00999. The first kappa shape index (κ1) is 17.4. The molecule has 0 aliphatic rings. The molecule has 1 aromatic carbocycles. The number of anilines is 1. The lowest BCUT2D eigenvalue weighted by atomic mass is 10.1. The largest absolute Gasteiger partial charge is 0.480 e. The summed E-state index contributed by atoms with van der Waals surface area (Å²) in [6, 6.07) is 1.84. The molecular weight excluding hydrogens is 292 g/mol. The van der Waals surface area contributed by atoms with Crippen molar-refractivity contribution in [2.45, 2.75) is 32.7 Å². The number of hydrogen-bond acceptors (Lipinski definition) is 6. The molecule has 22 heavy (non-hydrogen) atoms. The molecule has 0 aromatic heterocycles. The number of hydrogen-bond donors (Lipinski definition) is 2. The minimum Gasteiger partial charge on any atom is -0.480 e. The van der Waals surface area contributed by atoms with Crippen LogP contribution in [-0.4, -0.2) is 35.1 Å².